The number of fused-ring (bicyclic) bond motifs is 1. The maximum absolute atomic E-state index is 13.4. The summed E-state index contributed by atoms with van der Waals surface area (Å²) in [4.78, 5) is 17.5. The molecule has 2 heterocycles. The van der Waals surface area contributed by atoms with Crippen molar-refractivity contribution in [2.75, 3.05) is 38.3 Å². The molecule has 36 heavy (non-hydrogen) atoms. The normalized spacial score (nSPS) is 14.9. The van der Waals surface area contributed by atoms with Gasteiger partial charge in [0.05, 0.1) is 24.8 Å². The van der Waals surface area contributed by atoms with Crippen LogP contribution in [0.4, 0.5) is 5.69 Å². The van der Waals surface area contributed by atoms with Crippen LogP contribution in [0.3, 0.4) is 0 Å². The highest BCUT2D eigenvalue weighted by Crippen LogP contribution is 2.37. The number of ether oxygens (including phenoxy) is 2. The van der Waals surface area contributed by atoms with Crippen LogP contribution in [0.1, 0.15) is 39.9 Å². The molecule has 1 amide bonds. The van der Waals surface area contributed by atoms with Crippen LogP contribution in [0.15, 0.2) is 54.6 Å². The fourth-order valence-electron chi connectivity index (χ4n) is 4.92. The highest BCUT2D eigenvalue weighted by molar-refractivity contribution is 6.10. The molecule has 7 heteroatoms. The predicted molar refractivity (Wildman–Crippen MR) is 136 cm³/mol. The Balaban J connectivity index is 1.36. The lowest BCUT2D eigenvalue weighted by Gasteiger charge is -2.19. The second kappa shape index (κ2) is 10.1. The van der Waals surface area contributed by atoms with E-state index in [1.165, 1.54) is 12.8 Å². The number of carbonyl (C=O) groups is 1. The molecule has 0 N–H and O–H groups in total. The molecule has 3 aromatic rings. The van der Waals surface area contributed by atoms with Gasteiger partial charge in [0.1, 0.15) is 18.7 Å². The first-order valence-corrected chi connectivity index (χ1v) is 12.0. The summed E-state index contributed by atoms with van der Waals surface area (Å²) in [5, 5.41) is 19.0. The molecule has 0 unspecified atom stereocenters. The lowest BCUT2D eigenvalue weighted by molar-refractivity contribution is 0.0996. The number of carbonyl (C=O) groups excluding carboxylic acids is 1. The molecule has 2 aliphatic rings. The Hall–Kier alpha value is -4.33. The van der Waals surface area contributed by atoms with E-state index < -0.39 is 0 Å². The van der Waals surface area contributed by atoms with Crippen molar-refractivity contribution in [1.29, 1.82) is 10.5 Å². The number of likely N-dealkylation sites (tertiary alicyclic amines) is 1. The number of hydrogen-bond donors (Lipinski definition) is 0. The van der Waals surface area contributed by atoms with Crippen LogP contribution < -0.4 is 14.4 Å². The first-order chi connectivity index (χ1) is 17.6. The van der Waals surface area contributed by atoms with Crippen molar-refractivity contribution in [3.63, 3.8) is 0 Å². The molecule has 0 aliphatic carbocycles. The number of hydrogen-bond acceptors (Lipinski definition) is 6. The molecule has 0 bridgehead atoms. The van der Waals surface area contributed by atoms with Gasteiger partial charge in [-0.2, -0.15) is 10.5 Å². The zero-order valence-electron chi connectivity index (χ0n) is 20.2. The van der Waals surface area contributed by atoms with E-state index in [1.807, 2.05) is 36.4 Å². The van der Waals surface area contributed by atoms with Crippen LogP contribution in [0.25, 0.3) is 11.1 Å². The molecule has 0 radical (unpaired) electrons. The minimum atomic E-state index is -0.119. The molecular formula is C29H26N4O3. The van der Waals surface area contributed by atoms with Crippen LogP contribution in [0.2, 0.25) is 0 Å². The molecule has 7 nitrogen and oxygen atoms in total. The fraction of sp³-hybridized carbons (Fsp3) is 0.276. The van der Waals surface area contributed by atoms with E-state index in [1.54, 1.807) is 30.2 Å². The monoisotopic (exact) mass is 478 g/mol. The number of anilines is 1. The highest BCUT2D eigenvalue weighted by atomic mass is 16.5. The lowest BCUT2D eigenvalue weighted by atomic mass is 9.94. The molecule has 1 fully saturated rings. The summed E-state index contributed by atoms with van der Waals surface area (Å²) in [5.41, 5.74) is 4.23. The van der Waals surface area contributed by atoms with Gasteiger partial charge in [0.15, 0.2) is 11.5 Å². The minimum Gasteiger partial charge on any atom is -0.493 e. The summed E-state index contributed by atoms with van der Waals surface area (Å²) in [6.07, 6.45) is 2.50. The van der Waals surface area contributed by atoms with Crippen LogP contribution in [0.5, 0.6) is 11.5 Å². The van der Waals surface area contributed by atoms with E-state index in [-0.39, 0.29) is 5.91 Å². The van der Waals surface area contributed by atoms with Gasteiger partial charge in [-0.1, -0.05) is 24.3 Å². The Labute approximate surface area is 210 Å². The maximum Gasteiger partial charge on any atom is 0.258 e. The number of rotatable bonds is 7. The van der Waals surface area contributed by atoms with E-state index in [0.29, 0.717) is 46.9 Å². The average molecular weight is 479 g/mol. The molecule has 0 atom stereocenters. The first-order valence-electron chi connectivity index (χ1n) is 12.0. The molecule has 180 valence electrons. The summed E-state index contributed by atoms with van der Waals surface area (Å²) < 4.78 is 11.6. The van der Waals surface area contributed by atoms with E-state index in [0.717, 1.165) is 36.4 Å². The van der Waals surface area contributed by atoms with Crippen molar-refractivity contribution in [2.24, 2.45) is 0 Å². The van der Waals surface area contributed by atoms with Gasteiger partial charge in [-0.25, -0.2) is 0 Å². The number of methoxy groups -OCH3 is 1. The summed E-state index contributed by atoms with van der Waals surface area (Å²) in [7, 11) is 1.60. The molecule has 5 rings (SSSR count). The third-order valence-corrected chi connectivity index (χ3v) is 6.84. The van der Waals surface area contributed by atoms with Gasteiger partial charge in [0.2, 0.25) is 0 Å². The topological polar surface area (TPSA) is 89.6 Å². The van der Waals surface area contributed by atoms with Gasteiger partial charge < -0.3 is 14.4 Å². The van der Waals surface area contributed by atoms with Crippen LogP contribution in [-0.2, 0) is 6.54 Å². The Morgan fingerprint density at radius 1 is 0.944 bits per heavy atom. The smallest absolute Gasteiger partial charge is 0.258 e. The summed E-state index contributed by atoms with van der Waals surface area (Å²) in [6, 6.07) is 20.5. The Kier molecular flexibility index (Phi) is 6.58. The molecule has 1 saturated heterocycles. The van der Waals surface area contributed by atoms with Crippen molar-refractivity contribution >= 4 is 11.6 Å². The Morgan fingerprint density at radius 2 is 1.78 bits per heavy atom. The zero-order valence-corrected chi connectivity index (χ0v) is 20.2. The maximum atomic E-state index is 13.4. The number of nitrogens with zero attached hydrogens (tertiary/aromatic N) is 4. The van der Waals surface area contributed by atoms with Gasteiger partial charge in [0, 0.05) is 29.4 Å². The average Bonchev–Trinajstić information content (AvgIpc) is 3.56. The molecule has 0 spiro atoms. The van der Waals surface area contributed by atoms with E-state index in [4.69, 9.17) is 9.47 Å². The first kappa shape index (κ1) is 23.4. The standard InChI is InChI=1S/C29H26N4O3/c1-35-28-16-23(9-10-27(28)36-14-13-32-11-2-3-12-32)33-19-22-8-7-20(15-25(22)29(33)34)24-6-4-5-21(17-30)26(24)18-31/h4-10,15-16H,2-3,11-14,19H2,1H3. The van der Waals surface area contributed by atoms with Gasteiger partial charge in [-0.05, 0) is 61.3 Å². The highest BCUT2D eigenvalue weighted by Gasteiger charge is 2.30. The fourth-order valence-corrected chi connectivity index (χ4v) is 4.92. The zero-order chi connectivity index (χ0) is 25.1. The minimum absolute atomic E-state index is 0.119. The second-order valence-corrected chi connectivity index (χ2v) is 8.95. The molecule has 0 aromatic heterocycles. The molecule has 2 aliphatic heterocycles. The summed E-state index contributed by atoms with van der Waals surface area (Å²) in [6.45, 7) is 4.17. The largest absolute Gasteiger partial charge is 0.493 e. The Bertz CT molecular complexity index is 1400. The predicted octanol–water partition coefficient (Wildman–Crippen LogP) is 4.74. The quantitative estimate of drug-likeness (QED) is 0.487. The van der Waals surface area contributed by atoms with Crippen molar-refractivity contribution in [3.8, 4) is 34.8 Å². The van der Waals surface area contributed by atoms with Gasteiger partial charge in [0.25, 0.3) is 5.91 Å². The third kappa shape index (κ3) is 4.37. The van der Waals surface area contributed by atoms with Crippen molar-refractivity contribution in [2.45, 2.75) is 19.4 Å². The van der Waals surface area contributed by atoms with E-state index >= 15 is 0 Å². The van der Waals surface area contributed by atoms with Gasteiger partial charge in [-0.15, -0.1) is 0 Å². The molecule has 0 saturated carbocycles. The van der Waals surface area contributed by atoms with Crippen molar-refractivity contribution in [1.82, 2.24) is 4.90 Å². The van der Waals surface area contributed by atoms with Crippen LogP contribution in [0, 0.1) is 22.7 Å². The van der Waals surface area contributed by atoms with Crippen molar-refractivity contribution in [3.05, 3.63) is 76.9 Å². The second-order valence-electron chi connectivity index (χ2n) is 8.95. The van der Waals surface area contributed by atoms with Gasteiger partial charge in [-0.3, -0.25) is 9.69 Å². The number of amides is 1. The Morgan fingerprint density at radius 3 is 2.53 bits per heavy atom. The molecule has 3 aromatic carbocycles. The van der Waals surface area contributed by atoms with Crippen LogP contribution in [-0.4, -0.2) is 44.2 Å². The van der Waals surface area contributed by atoms with E-state index in [9.17, 15) is 15.3 Å². The summed E-state index contributed by atoms with van der Waals surface area (Å²) in [5.74, 6) is 1.13. The third-order valence-electron chi connectivity index (χ3n) is 6.84. The SMILES string of the molecule is COc1cc(N2Cc3ccc(-c4cccc(C#N)c4C#N)cc3C2=O)ccc1OCCN1CCCC1. The number of nitriles is 2. The van der Waals surface area contributed by atoms with E-state index in [2.05, 4.69) is 17.0 Å². The van der Waals surface area contributed by atoms with Gasteiger partial charge >= 0.3 is 0 Å². The summed E-state index contributed by atoms with van der Waals surface area (Å²) >= 11 is 0. The molecular weight excluding hydrogens is 452 g/mol. The lowest BCUT2D eigenvalue weighted by Crippen LogP contribution is -2.25. The van der Waals surface area contributed by atoms with Crippen molar-refractivity contribution < 1.29 is 14.3 Å². The number of benzene rings is 3. The van der Waals surface area contributed by atoms with Crippen LogP contribution >= 0.6 is 0 Å².